The smallest absolute Gasteiger partial charge is 0.214 e. The molecule has 2 aromatic rings. The molecular weight excluding hydrogens is 322 g/mol. The fourth-order valence-corrected chi connectivity index (χ4v) is 2.56. The third-order valence-corrected chi connectivity index (χ3v) is 3.75. The summed E-state index contributed by atoms with van der Waals surface area (Å²) in [7, 11) is 2.89. The Bertz CT molecular complexity index is 702. The molecule has 0 radical (unpaired) electrons. The van der Waals surface area contributed by atoms with Gasteiger partial charge < -0.3 is 14.6 Å². The van der Waals surface area contributed by atoms with Crippen molar-refractivity contribution in [2.24, 2.45) is 0 Å². The molecule has 0 unspecified atom stereocenters. The molecule has 0 amide bonds. The standard InChI is InChI=1S/C16H16ClNO5/c1-22-12-7-14(19)16(15(8-12)23-2)13(9-18(20)21)10-3-5-11(17)6-4-10/h3-8,13,19H,9H2,1-2H3/t13-/m1/s1. The van der Waals surface area contributed by atoms with Crippen molar-refractivity contribution in [2.45, 2.75) is 5.92 Å². The number of phenols is 1. The number of benzene rings is 2. The van der Waals surface area contributed by atoms with Gasteiger partial charge in [-0.2, -0.15) is 0 Å². The molecule has 0 fully saturated rings. The molecule has 2 aromatic carbocycles. The Kier molecular flexibility index (Phi) is 5.28. The van der Waals surface area contributed by atoms with Crippen LogP contribution in [0.2, 0.25) is 5.02 Å². The summed E-state index contributed by atoms with van der Waals surface area (Å²) in [5.74, 6) is -0.0752. The lowest BCUT2D eigenvalue weighted by atomic mass is 9.89. The molecule has 23 heavy (non-hydrogen) atoms. The number of ether oxygens (including phenoxy) is 2. The molecule has 0 aliphatic rings. The highest BCUT2D eigenvalue weighted by Crippen LogP contribution is 2.41. The summed E-state index contributed by atoms with van der Waals surface area (Å²) >= 11 is 5.87. The first kappa shape index (κ1) is 16.9. The Hall–Kier alpha value is -2.47. The number of hydrogen-bond acceptors (Lipinski definition) is 5. The summed E-state index contributed by atoms with van der Waals surface area (Å²) in [6.07, 6.45) is 0. The summed E-state index contributed by atoms with van der Waals surface area (Å²) in [4.78, 5) is 10.7. The van der Waals surface area contributed by atoms with E-state index in [2.05, 4.69) is 0 Å². The second-order valence-electron chi connectivity index (χ2n) is 4.88. The molecule has 0 aromatic heterocycles. The second-order valence-corrected chi connectivity index (χ2v) is 5.32. The highest BCUT2D eigenvalue weighted by atomic mass is 35.5. The monoisotopic (exact) mass is 337 g/mol. The van der Waals surface area contributed by atoms with Crippen LogP contribution in [0.3, 0.4) is 0 Å². The van der Waals surface area contributed by atoms with Crippen molar-refractivity contribution in [3.05, 3.63) is 62.7 Å². The number of hydrogen-bond donors (Lipinski definition) is 1. The first-order valence-electron chi connectivity index (χ1n) is 6.78. The summed E-state index contributed by atoms with van der Waals surface area (Å²) in [6, 6.07) is 9.67. The average Bonchev–Trinajstić information content (AvgIpc) is 2.52. The fourth-order valence-electron chi connectivity index (χ4n) is 2.43. The molecule has 0 saturated carbocycles. The number of rotatable bonds is 6. The largest absolute Gasteiger partial charge is 0.507 e. The lowest BCUT2D eigenvalue weighted by molar-refractivity contribution is -0.481. The van der Waals surface area contributed by atoms with Gasteiger partial charge in [0.05, 0.1) is 25.7 Å². The van der Waals surface area contributed by atoms with Gasteiger partial charge in [-0.1, -0.05) is 23.7 Å². The molecule has 0 spiro atoms. The molecule has 0 heterocycles. The Morgan fingerprint density at radius 1 is 1.22 bits per heavy atom. The Balaban J connectivity index is 2.59. The van der Waals surface area contributed by atoms with E-state index in [1.807, 2.05) is 0 Å². The number of nitro groups is 1. The number of nitrogens with zero attached hydrogens (tertiary/aromatic N) is 1. The Morgan fingerprint density at radius 3 is 2.39 bits per heavy atom. The first-order valence-corrected chi connectivity index (χ1v) is 7.16. The van der Waals surface area contributed by atoms with Crippen LogP contribution in [0.15, 0.2) is 36.4 Å². The third kappa shape index (κ3) is 3.84. The van der Waals surface area contributed by atoms with Gasteiger partial charge in [0.25, 0.3) is 0 Å². The van der Waals surface area contributed by atoms with Crippen molar-refractivity contribution in [2.75, 3.05) is 20.8 Å². The highest BCUT2D eigenvalue weighted by molar-refractivity contribution is 6.30. The van der Waals surface area contributed by atoms with Crippen LogP contribution in [-0.2, 0) is 0 Å². The van der Waals surface area contributed by atoms with Gasteiger partial charge in [-0.3, -0.25) is 10.1 Å². The minimum atomic E-state index is -0.678. The molecule has 7 heteroatoms. The zero-order chi connectivity index (χ0) is 17.0. The quantitative estimate of drug-likeness (QED) is 0.644. The number of phenolic OH excluding ortho intramolecular Hbond substituents is 1. The van der Waals surface area contributed by atoms with E-state index in [0.717, 1.165) is 0 Å². The zero-order valence-corrected chi connectivity index (χ0v) is 13.4. The molecule has 0 aliphatic carbocycles. The maximum Gasteiger partial charge on any atom is 0.214 e. The predicted molar refractivity (Wildman–Crippen MR) is 86.4 cm³/mol. The second kappa shape index (κ2) is 7.19. The van der Waals surface area contributed by atoms with Crippen LogP contribution in [-0.4, -0.2) is 30.8 Å². The molecule has 6 nitrogen and oxygen atoms in total. The van der Waals surface area contributed by atoms with Crippen molar-refractivity contribution in [3.8, 4) is 17.2 Å². The third-order valence-electron chi connectivity index (χ3n) is 3.50. The van der Waals surface area contributed by atoms with E-state index in [1.165, 1.54) is 20.3 Å². The summed E-state index contributed by atoms with van der Waals surface area (Å²) in [6.45, 7) is -0.391. The van der Waals surface area contributed by atoms with Crippen molar-refractivity contribution >= 4 is 11.6 Å². The van der Waals surface area contributed by atoms with Crippen LogP contribution in [0.4, 0.5) is 0 Å². The zero-order valence-electron chi connectivity index (χ0n) is 12.7. The van der Waals surface area contributed by atoms with E-state index in [1.54, 1.807) is 30.3 Å². The van der Waals surface area contributed by atoms with Crippen LogP contribution < -0.4 is 9.47 Å². The van der Waals surface area contributed by atoms with Gasteiger partial charge in [-0.25, -0.2) is 0 Å². The van der Waals surface area contributed by atoms with Crippen LogP contribution in [0.1, 0.15) is 17.0 Å². The summed E-state index contributed by atoms with van der Waals surface area (Å²) in [5, 5.41) is 21.9. The van der Waals surface area contributed by atoms with Crippen LogP contribution in [0.5, 0.6) is 17.2 Å². The number of methoxy groups -OCH3 is 2. The number of halogens is 1. The maximum absolute atomic E-state index is 11.1. The Morgan fingerprint density at radius 2 is 1.87 bits per heavy atom. The van der Waals surface area contributed by atoms with Gasteiger partial charge in [-0.15, -0.1) is 0 Å². The van der Waals surface area contributed by atoms with E-state index < -0.39 is 17.4 Å². The maximum atomic E-state index is 11.1. The summed E-state index contributed by atoms with van der Waals surface area (Å²) in [5.41, 5.74) is 0.997. The minimum absolute atomic E-state index is 0.122. The molecule has 0 bridgehead atoms. The molecule has 2 rings (SSSR count). The van der Waals surface area contributed by atoms with E-state index in [-0.39, 0.29) is 5.75 Å². The molecule has 122 valence electrons. The van der Waals surface area contributed by atoms with E-state index >= 15 is 0 Å². The van der Waals surface area contributed by atoms with Crippen molar-refractivity contribution in [3.63, 3.8) is 0 Å². The van der Waals surface area contributed by atoms with Gasteiger partial charge in [0.2, 0.25) is 6.54 Å². The van der Waals surface area contributed by atoms with Crippen LogP contribution in [0, 0.1) is 10.1 Å². The molecule has 0 aliphatic heterocycles. The number of aromatic hydroxyl groups is 1. The lowest BCUT2D eigenvalue weighted by Crippen LogP contribution is -2.15. The highest BCUT2D eigenvalue weighted by Gasteiger charge is 2.27. The summed E-state index contributed by atoms with van der Waals surface area (Å²) < 4.78 is 10.4. The van der Waals surface area contributed by atoms with Gasteiger partial charge in [-0.05, 0) is 17.7 Å². The lowest BCUT2D eigenvalue weighted by Gasteiger charge is -2.19. The molecule has 1 atom stereocenters. The SMILES string of the molecule is COc1cc(O)c([C@H](C[N+](=O)[O-])c2ccc(Cl)cc2)c(OC)c1. The fraction of sp³-hybridized carbons (Fsp3) is 0.250. The van der Waals surface area contributed by atoms with E-state index in [0.29, 0.717) is 27.6 Å². The van der Waals surface area contributed by atoms with Crippen molar-refractivity contribution in [1.82, 2.24) is 0 Å². The van der Waals surface area contributed by atoms with Crippen molar-refractivity contribution in [1.29, 1.82) is 0 Å². The van der Waals surface area contributed by atoms with E-state index in [4.69, 9.17) is 21.1 Å². The van der Waals surface area contributed by atoms with Gasteiger partial charge in [0.15, 0.2) is 0 Å². The molecule has 1 N–H and O–H groups in total. The van der Waals surface area contributed by atoms with Gasteiger partial charge >= 0.3 is 0 Å². The Labute approximate surface area is 138 Å². The van der Waals surface area contributed by atoms with E-state index in [9.17, 15) is 15.2 Å². The van der Waals surface area contributed by atoms with Crippen molar-refractivity contribution < 1.29 is 19.5 Å². The molecule has 0 saturated heterocycles. The van der Waals surface area contributed by atoms with Gasteiger partial charge in [0.1, 0.15) is 17.2 Å². The van der Waals surface area contributed by atoms with Crippen LogP contribution in [0.25, 0.3) is 0 Å². The first-order chi connectivity index (χ1) is 11.0. The topological polar surface area (TPSA) is 81.8 Å². The minimum Gasteiger partial charge on any atom is -0.507 e. The predicted octanol–water partition coefficient (Wildman–Crippen LogP) is 3.47. The average molecular weight is 338 g/mol. The van der Waals surface area contributed by atoms with Crippen LogP contribution >= 0.6 is 11.6 Å². The van der Waals surface area contributed by atoms with Gasteiger partial charge in [0, 0.05) is 22.1 Å². The molecular formula is C16H16ClNO5. The normalized spacial score (nSPS) is 11.8.